The van der Waals surface area contributed by atoms with E-state index in [9.17, 15) is 0 Å². The predicted octanol–water partition coefficient (Wildman–Crippen LogP) is 3.50. The van der Waals surface area contributed by atoms with Crippen molar-refractivity contribution in [3.8, 4) is 0 Å². The Balaban J connectivity index is 2.24. The summed E-state index contributed by atoms with van der Waals surface area (Å²) in [5, 5.41) is 3.48. The molecule has 1 aliphatic carbocycles. The molecule has 0 aromatic rings. The zero-order valence-electron chi connectivity index (χ0n) is 9.82. The van der Waals surface area contributed by atoms with E-state index < -0.39 is 0 Å². The van der Waals surface area contributed by atoms with Gasteiger partial charge in [0.15, 0.2) is 0 Å². The Morgan fingerprint density at radius 1 is 1.12 bits per heavy atom. The summed E-state index contributed by atoms with van der Waals surface area (Å²) in [5.41, 5.74) is 2.81. The topological polar surface area (TPSA) is 12.0 Å². The summed E-state index contributed by atoms with van der Waals surface area (Å²) in [5.74, 6) is 0.606. The first-order chi connectivity index (χ1) is 7.86. The highest BCUT2D eigenvalue weighted by Gasteiger charge is 2.08. The van der Waals surface area contributed by atoms with Crippen LogP contribution in [0.5, 0.6) is 0 Å². The normalized spacial score (nSPS) is 28.9. The molecule has 0 saturated carbocycles. The maximum Gasteiger partial charge on any atom is 0.0337 e. The standard InChI is InChI=1S/C15H19N/c1-13-8-4-3-7-11-16-15-10-6-2-5-9-14(15)12-13/h2-8,10,13,16H,9,11-12H2,1H3/b7-3-,8-4-. The lowest BCUT2D eigenvalue weighted by Gasteiger charge is -2.15. The van der Waals surface area contributed by atoms with Crippen LogP contribution in [0.1, 0.15) is 19.8 Å². The SMILES string of the molecule is CC1/C=C\C=C/CNC2=C(CC=CC=C2)C1. The Morgan fingerprint density at radius 3 is 2.94 bits per heavy atom. The average Bonchev–Trinajstić information content (AvgIpc) is 2.49. The first-order valence-electron chi connectivity index (χ1n) is 5.98. The van der Waals surface area contributed by atoms with Crippen molar-refractivity contribution in [1.82, 2.24) is 5.32 Å². The predicted molar refractivity (Wildman–Crippen MR) is 70.0 cm³/mol. The first kappa shape index (κ1) is 11.0. The third-order valence-electron chi connectivity index (χ3n) is 2.92. The number of allylic oxidation sites excluding steroid dienone is 8. The molecule has 1 atom stereocenters. The fourth-order valence-electron chi connectivity index (χ4n) is 2.07. The summed E-state index contributed by atoms with van der Waals surface area (Å²) >= 11 is 0. The molecular weight excluding hydrogens is 194 g/mol. The molecule has 1 nitrogen and oxygen atoms in total. The maximum atomic E-state index is 3.48. The Bertz CT molecular complexity index is 380. The van der Waals surface area contributed by atoms with Gasteiger partial charge in [0.25, 0.3) is 0 Å². The van der Waals surface area contributed by atoms with Gasteiger partial charge in [0, 0.05) is 12.2 Å². The van der Waals surface area contributed by atoms with E-state index in [0.717, 1.165) is 19.4 Å². The van der Waals surface area contributed by atoms with Crippen LogP contribution in [0.4, 0.5) is 0 Å². The second kappa shape index (κ2) is 5.55. The van der Waals surface area contributed by atoms with Crippen molar-refractivity contribution in [2.45, 2.75) is 19.8 Å². The molecule has 0 saturated heterocycles. The van der Waals surface area contributed by atoms with Gasteiger partial charge in [-0.15, -0.1) is 0 Å². The molecule has 1 unspecified atom stereocenters. The fraction of sp³-hybridized carbons (Fsp3) is 0.333. The van der Waals surface area contributed by atoms with Crippen molar-refractivity contribution < 1.29 is 0 Å². The molecule has 0 bridgehead atoms. The van der Waals surface area contributed by atoms with Crippen molar-refractivity contribution >= 4 is 0 Å². The molecule has 1 heteroatoms. The van der Waals surface area contributed by atoms with E-state index in [-0.39, 0.29) is 0 Å². The molecule has 0 aromatic carbocycles. The Morgan fingerprint density at radius 2 is 2.00 bits per heavy atom. The molecule has 0 fully saturated rings. The van der Waals surface area contributed by atoms with E-state index in [1.807, 2.05) is 0 Å². The van der Waals surface area contributed by atoms with Crippen LogP contribution in [0, 0.1) is 5.92 Å². The van der Waals surface area contributed by atoms with E-state index >= 15 is 0 Å². The highest BCUT2D eigenvalue weighted by molar-refractivity contribution is 5.32. The van der Waals surface area contributed by atoms with Crippen molar-refractivity contribution in [3.05, 3.63) is 59.9 Å². The van der Waals surface area contributed by atoms with Crippen molar-refractivity contribution in [3.63, 3.8) is 0 Å². The lowest BCUT2D eigenvalue weighted by Crippen LogP contribution is -2.15. The minimum absolute atomic E-state index is 0.606. The van der Waals surface area contributed by atoms with Gasteiger partial charge in [-0.25, -0.2) is 0 Å². The summed E-state index contributed by atoms with van der Waals surface area (Å²) in [6.07, 6.45) is 19.6. The number of hydrogen-bond donors (Lipinski definition) is 1. The van der Waals surface area contributed by atoms with Crippen LogP contribution in [0.15, 0.2) is 59.9 Å². The van der Waals surface area contributed by atoms with Crippen LogP contribution in [0.2, 0.25) is 0 Å². The molecule has 0 radical (unpaired) electrons. The van der Waals surface area contributed by atoms with Gasteiger partial charge in [0.2, 0.25) is 0 Å². The number of rotatable bonds is 0. The van der Waals surface area contributed by atoms with Crippen LogP contribution < -0.4 is 5.32 Å². The molecule has 2 rings (SSSR count). The second-order valence-electron chi connectivity index (χ2n) is 4.38. The third-order valence-corrected chi connectivity index (χ3v) is 2.92. The Kier molecular flexibility index (Phi) is 3.81. The van der Waals surface area contributed by atoms with Gasteiger partial charge in [-0.2, -0.15) is 0 Å². The largest absolute Gasteiger partial charge is 0.382 e. The van der Waals surface area contributed by atoms with Crippen LogP contribution in [-0.2, 0) is 0 Å². The maximum absolute atomic E-state index is 3.48. The summed E-state index contributed by atoms with van der Waals surface area (Å²) in [6.45, 7) is 3.18. The van der Waals surface area contributed by atoms with Crippen LogP contribution >= 0.6 is 0 Å². The van der Waals surface area contributed by atoms with Gasteiger partial charge in [-0.3, -0.25) is 0 Å². The van der Waals surface area contributed by atoms with Crippen LogP contribution in [-0.4, -0.2) is 6.54 Å². The van der Waals surface area contributed by atoms with Crippen molar-refractivity contribution in [1.29, 1.82) is 0 Å². The first-order valence-corrected chi connectivity index (χ1v) is 5.98. The zero-order valence-corrected chi connectivity index (χ0v) is 9.82. The molecule has 16 heavy (non-hydrogen) atoms. The average molecular weight is 213 g/mol. The van der Waals surface area contributed by atoms with Gasteiger partial charge < -0.3 is 5.32 Å². The quantitative estimate of drug-likeness (QED) is 0.649. The highest BCUT2D eigenvalue weighted by atomic mass is 14.9. The van der Waals surface area contributed by atoms with Gasteiger partial charge in [0.05, 0.1) is 0 Å². The fourth-order valence-corrected chi connectivity index (χ4v) is 2.07. The molecule has 2 aliphatic rings. The second-order valence-corrected chi connectivity index (χ2v) is 4.38. The molecule has 0 spiro atoms. The molecule has 0 amide bonds. The van der Waals surface area contributed by atoms with Crippen LogP contribution in [0.3, 0.4) is 0 Å². The van der Waals surface area contributed by atoms with E-state index in [1.165, 1.54) is 11.3 Å². The van der Waals surface area contributed by atoms with Crippen molar-refractivity contribution in [2.75, 3.05) is 6.54 Å². The van der Waals surface area contributed by atoms with Gasteiger partial charge in [-0.05, 0) is 30.4 Å². The minimum Gasteiger partial charge on any atom is -0.382 e. The zero-order chi connectivity index (χ0) is 11.2. The summed E-state index contributed by atoms with van der Waals surface area (Å²) in [6, 6.07) is 0. The molecule has 84 valence electrons. The molecule has 1 N–H and O–H groups in total. The lowest BCUT2D eigenvalue weighted by molar-refractivity contribution is 0.691. The summed E-state index contributed by atoms with van der Waals surface area (Å²) in [4.78, 5) is 0. The highest BCUT2D eigenvalue weighted by Crippen LogP contribution is 2.22. The minimum atomic E-state index is 0.606. The molecule has 1 heterocycles. The number of hydrogen-bond acceptors (Lipinski definition) is 1. The Labute approximate surface area is 97.9 Å². The Hall–Kier alpha value is -1.50. The molecule has 0 aromatic heterocycles. The van der Waals surface area contributed by atoms with E-state index in [4.69, 9.17) is 0 Å². The van der Waals surface area contributed by atoms with E-state index in [2.05, 4.69) is 60.8 Å². The van der Waals surface area contributed by atoms with E-state index in [0.29, 0.717) is 5.92 Å². The number of nitrogens with one attached hydrogen (secondary N) is 1. The smallest absolute Gasteiger partial charge is 0.0337 e. The van der Waals surface area contributed by atoms with E-state index in [1.54, 1.807) is 0 Å². The molecular formula is C15H19N. The third kappa shape index (κ3) is 2.99. The lowest BCUT2D eigenvalue weighted by atomic mass is 9.96. The monoisotopic (exact) mass is 213 g/mol. The van der Waals surface area contributed by atoms with Gasteiger partial charge in [-0.1, -0.05) is 49.5 Å². The van der Waals surface area contributed by atoms with Gasteiger partial charge in [0.1, 0.15) is 0 Å². The molecule has 1 aliphatic heterocycles. The van der Waals surface area contributed by atoms with Crippen molar-refractivity contribution in [2.24, 2.45) is 5.92 Å². The van der Waals surface area contributed by atoms with Gasteiger partial charge >= 0.3 is 0 Å². The summed E-state index contributed by atoms with van der Waals surface area (Å²) in [7, 11) is 0. The summed E-state index contributed by atoms with van der Waals surface area (Å²) < 4.78 is 0. The van der Waals surface area contributed by atoms with Crippen LogP contribution in [0.25, 0.3) is 0 Å².